The number of nitrogens with zero attached hydrogens (tertiary/aromatic N) is 1. The number of sulfonamides is 1. The molecule has 172 valence electrons. The number of nitrogens with one attached hydrogen (secondary N) is 1. The van der Waals surface area contributed by atoms with Crippen LogP contribution in [-0.4, -0.2) is 43.8 Å². The van der Waals surface area contributed by atoms with E-state index in [0.29, 0.717) is 30.2 Å². The predicted molar refractivity (Wildman–Crippen MR) is 121 cm³/mol. The minimum Gasteiger partial charge on any atom is -0.489 e. The summed E-state index contributed by atoms with van der Waals surface area (Å²) in [4.78, 5) is 24.0. The number of hydrogen-bond donors (Lipinski definition) is 1. The van der Waals surface area contributed by atoms with Gasteiger partial charge in [0.1, 0.15) is 11.5 Å². The minimum atomic E-state index is -3.67. The van der Waals surface area contributed by atoms with Crippen LogP contribution in [0.1, 0.15) is 50.4 Å². The molecule has 1 amide bonds. The van der Waals surface area contributed by atoms with E-state index in [4.69, 9.17) is 9.47 Å². The molecule has 1 fully saturated rings. The first-order chi connectivity index (χ1) is 15.2. The summed E-state index contributed by atoms with van der Waals surface area (Å²) in [6.07, 6.45) is 2.52. The van der Waals surface area contributed by atoms with Crippen LogP contribution in [0.4, 0.5) is 5.69 Å². The van der Waals surface area contributed by atoms with E-state index in [9.17, 15) is 18.0 Å². The lowest BCUT2D eigenvalue weighted by Gasteiger charge is -2.26. The summed E-state index contributed by atoms with van der Waals surface area (Å²) in [6, 6.07) is 10.6. The average molecular weight is 461 g/mol. The number of esters is 1. The molecule has 8 nitrogen and oxygen atoms in total. The van der Waals surface area contributed by atoms with Crippen molar-refractivity contribution >= 4 is 27.6 Å². The molecule has 1 aliphatic rings. The van der Waals surface area contributed by atoms with Gasteiger partial charge in [-0.2, -0.15) is 4.31 Å². The number of ether oxygens (including phenoxy) is 2. The van der Waals surface area contributed by atoms with Gasteiger partial charge in [-0.15, -0.1) is 0 Å². The monoisotopic (exact) mass is 460 g/mol. The van der Waals surface area contributed by atoms with Crippen LogP contribution in [0.5, 0.6) is 11.5 Å². The molecule has 1 aliphatic heterocycles. The Balaban J connectivity index is 1.88. The molecule has 2 aromatic carbocycles. The maximum atomic E-state index is 13.1. The van der Waals surface area contributed by atoms with Gasteiger partial charge in [0.15, 0.2) is 0 Å². The Kier molecular flexibility index (Phi) is 7.52. The molecular weight excluding hydrogens is 432 g/mol. The van der Waals surface area contributed by atoms with E-state index < -0.39 is 21.9 Å². The number of carbonyl (C=O) groups excluding carboxylic acids is 2. The number of benzene rings is 2. The molecule has 0 radical (unpaired) electrons. The highest BCUT2D eigenvalue weighted by molar-refractivity contribution is 7.89. The normalized spacial score (nSPS) is 14.8. The second-order valence-electron chi connectivity index (χ2n) is 7.86. The first-order valence-corrected chi connectivity index (χ1v) is 12.0. The van der Waals surface area contributed by atoms with Gasteiger partial charge in [0.25, 0.3) is 5.91 Å². The smallest absolute Gasteiger partial charge is 0.308 e. The fourth-order valence-corrected chi connectivity index (χ4v) is 4.96. The van der Waals surface area contributed by atoms with Gasteiger partial charge in [-0.3, -0.25) is 9.59 Å². The third-order valence-electron chi connectivity index (χ3n) is 4.89. The molecule has 9 heteroatoms. The molecule has 1 saturated heterocycles. The van der Waals surface area contributed by atoms with Crippen LogP contribution in [0.15, 0.2) is 47.4 Å². The Morgan fingerprint density at radius 3 is 2.25 bits per heavy atom. The van der Waals surface area contributed by atoms with E-state index in [-0.39, 0.29) is 16.7 Å². The molecule has 1 heterocycles. The van der Waals surface area contributed by atoms with Crippen molar-refractivity contribution in [2.45, 2.75) is 51.0 Å². The van der Waals surface area contributed by atoms with Crippen molar-refractivity contribution in [1.29, 1.82) is 0 Å². The molecule has 1 N–H and O–H groups in total. The molecule has 0 aliphatic carbocycles. The predicted octanol–water partition coefficient (Wildman–Crippen LogP) is 3.83. The van der Waals surface area contributed by atoms with E-state index in [2.05, 4.69) is 5.32 Å². The second kappa shape index (κ2) is 10.1. The summed E-state index contributed by atoms with van der Waals surface area (Å²) >= 11 is 0. The van der Waals surface area contributed by atoms with Crippen molar-refractivity contribution in [3.63, 3.8) is 0 Å². The van der Waals surface area contributed by atoms with Gasteiger partial charge in [0, 0.05) is 25.6 Å². The van der Waals surface area contributed by atoms with Crippen molar-refractivity contribution in [2.75, 3.05) is 18.4 Å². The zero-order valence-electron chi connectivity index (χ0n) is 18.5. The Morgan fingerprint density at radius 1 is 1.00 bits per heavy atom. The Hall–Kier alpha value is -2.91. The van der Waals surface area contributed by atoms with E-state index in [1.807, 2.05) is 13.8 Å². The van der Waals surface area contributed by atoms with Crippen molar-refractivity contribution in [3.8, 4) is 11.5 Å². The third kappa shape index (κ3) is 5.86. The summed E-state index contributed by atoms with van der Waals surface area (Å²) in [5.74, 6) is -0.195. The van der Waals surface area contributed by atoms with Crippen LogP contribution in [0.2, 0.25) is 0 Å². The number of rotatable bonds is 7. The number of anilines is 1. The quantitative estimate of drug-likeness (QED) is 0.498. The van der Waals surface area contributed by atoms with Crippen molar-refractivity contribution in [1.82, 2.24) is 4.31 Å². The van der Waals surface area contributed by atoms with E-state index in [1.54, 1.807) is 6.07 Å². The maximum absolute atomic E-state index is 13.1. The number of hydrogen-bond acceptors (Lipinski definition) is 6. The molecule has 0 spiro atoms. The van der Waals surface area contributed by atoms with Crippen LogP contribution in [-0.2, 0) is 14.8 Å². The highest BCUT2D eigenvalue weighted by Gasteiger charge is 2.27. The number of piperidine rings is 1. The van der Waals surface area contributed by atoms with Crippen molar-refractivity contribution in [3.05, 3.63) is 48.0 Å². The van der Waals surface area contributed by atoms with Gasteiger partial charge < -0.3 is 14.8 Å². The molecule has 32 heavy (non-hydrogen) atoms. The van der Waals surface area contributed by atoms with Gasteiger partial charge in [-0.05, 0) is 69.2 Å². The molecule has 3 rings (SSSR count). The SMILES string of the molecule is CC(=O)Oc1ccc(C(=O)Nc2cc(S(=O)(=O)N3CCCCC3)ccc2OC(C)C)cc1. The molecule has 2 aromatic rings. The summed E-state index contributed by atoms with van der Waals surface area (Å²) in [5, 5.41) is 2.75. The number of amides is 1. The lowest BCUT2D eigenvalue weighted by molar-refractivity contribution is -0.131. The maximum Gasteiger partial charge on any atom is 0.308 e. The lowest BCUT2D eigenvalue weighted by atomic mass is 10.2. The van der Waals surface area contributed by atoms with Crippen molar-refractivity contribution < 1.29 is 27.5 Å². The fourth-order valence-electron chi connectivity index (χ4n) is 3.41. The first-order valence-electron chi connectivity index (χ1n) is 10.6. The Bertz CT molecular complexity index is 1070. The average Bonchev–Trinajstić information content (AvgIpc) is 2.75. The van der Waals surface area contributed by atoms with Gasteiger partial charge in [0.05, 0.1) is 16.7 Å². The standard InChI is InChI=1S/C23H28N2O6S/c1-16(2)30-22-12-11-20(32(28,29)25-13-5-4-6-14-25)15-21(22)24-23(27)18-7-9-19(10-8-18)31-17(3)26/h7-12,15-16H,4-6,13-14H2,1-3H3,(H,24,27). The highest BCUT2D eigenvalue weighted by atomic mass is 32.2. The molecule has 0 unspecified atom stereocenters. The van der Waals surface area contributed by atoms with E-state index in [1.165, 1.54) is 47.6 Å². The van der Waals surface area contributed by atoms with E-state index in [0.717, 1.165) is 19.3 Å². The Labute approximate surface area is 188 Å². The topological polar surface area (TPSA) is 102 Å². The molecule has 0 atom stereocenters. The highest BCUT2D eigenvalue weighted by Crippen LogP contribution is 2.31. The van der Waals surface area contributed by atoms with Gasteiger partial charge >= 0.3 is 5.97 Å². The molecule has 0 saturated carbocycles. The zero-order chi connectivity index (χ0) is 23.3. The summed E-state index contributed by atoms with van der Waals surface area (Å²) in [5.41, 5.74) is 0.589. The molecular formula is C23H28N2O6S. The molecule has 0 bridgehead atoms. The zero-order valence-corrected chi connectivity index (χ0v) is 19.3. The van der Waals surface area contributed by atoms with E-state index >= 15 is 0 Å². The summed E-state index contributed by atoms with van der Waals surface area (Å²) < 4.78 is 38.4. The minimum absolute atomic E-state index is 0.107. The van der Waals surface area contributed by atoms with Gasteiger partial charge in [-0.25, -0.2) is 8.42 Å². The van der Waals surface area contributed by atoms with Gasteiger partial charge in [0.2, 0.25) is 10.0 Å². The third-order valence-corrected chi connectivity index (χ3v) is 6.79. The first kappa shape index (κ1) is 23.7. The van der Waals surface area contributed by atoms with Crippen LogP contribution in [0, 0.1) is 0 Å². The van der Waals surface area contributed by atoms with Crippen LogP contribution < -0.4 is 14.8 Å². The van der Waals surface area contributed by atoms with Crippen LogP contribution in [0.25, 0.3) is 0 Å². The largest absolute Gasteiger partial charge is 0.489 e. The number of carbonyl (C=O) groups is 2. The second-order valence-corrected chi connectivity index (χ2v) is 9.80. The van der Waals surface area contributed by atoms with Crippen LogP contribution >= 0.6 is 0 Å². The fraction of sp³-hybridized carbons (Fsp3) is 0.391. The lowest BCUT2D eigenvalue weighted by Crippen LogP contribution is -2.35. The summed E-state index contributed by atoms with van der Waals surface area (Å²) in [7, 11) is -3.67. The summed E-state index contributed by atoms with van der Waals surface area (Å²) in [6.45, 7) is 5.96. The van der Waals surface area contributed by atoms with Crippen molar-refractivity contribution in [2.24, 2.45) is 0 Å². The van der Waals surface area contributed by atoms with Crippen LogP contribution in [0.3, 0.4) is 0 Å². The molecule has 0 aromatic heterocycles. The Morgan fingerprint density at radius 2 is 1.66 bits per heavy atom. The van der Waals surface area contributed by atoms with Gasteiger partial charge in [-0.1, -0.05) is 6.42 Å².